The first-order valence-corrected chi connectivity index (χ1v) is 10.4. The van der Waals surface area contributed by atoms with Gasteiger partial charge >= 0.3 is 0 Å². The molecule has 1 saturated heterocycles. The number of ether oxygens (including phenoxy) is 1. The molecule has 2 heterocycles. The summed E-state index contributed by atoms with van der Waals surface area (Å²) in [6.45, 7) is 1.86. The summed E-state index contributed by atoms with van der Waals surface area (Å²) in [5.74, 6) is 0.846. The van der Waals surface area contributed by atoms with Gasteiger partial charge in [0.1, 0.15) is 5.75 Å². The molecule has 3 aromatic rings. The Morgan fingerprint density at radius 1 is 1.22 bits per heavy atom. The number of hydrogen-bond donors (Lipinski definition) is 2. The van der Waals surface area contributed by atoms with Crippen LogP contribution in [0.15, 0.2) is 53.1 Å². The molecular formula is C23H25N5O4. The van der Waals surface area contributed by atoms with E-state index in [4.69, 9.17) is 15.0 Å². The number of primary amides is 1. The van der Waals surface area contributed by atoms with Gasteiger partial charge in [0.25, 0.3) is 5.91 Å². The number of rotatable bonds is 7. The molecule has 9 nitrogen and oxygen atoms in total. The predicted molar refractivity (Wildman–Crippen MR) is 118 cm³/mol. The zero-order valence-corrected chi connectivity index (χ0v) is 17.8. The summed E-state index contributed by atoms with van der Waals surface area (Å²) in [7, 11) is 1.62. The maximum Gasteiger partial charge on any atom is 0.250 e. The van der Waals surface area contributed by atoms with Crippen LogP contribution in [0, 0.1) is 5.92 Å². The number of carbonyl (C=O) groups is 2. The number of likely N-dealkylation sites (tertiary alicyclic amines) is 1. The second-order valence-electron chi connectivity index (χ2n) is 7.71. The van der Waals surface area contributed by atoms with Crippen molar-refractivity contribution in [1.82, 2.24) is 15.0 Å². The highest BCUT2D eigenvalue weighted by Gasteiger charge is 2.27. The van der Waals surface area contributed by atoms with Crippen molar-refractivity contribution in [2.75, 3.05) is 25.5 Å². The van der Waals surface area contributed by atoms with E-state index >= 15 is 0 Å². The lowest BCUT2D eigenvalue weighted by Crippen LogP contribution is -2.40. The smallest absolute Gasteiger partial charge is 0.250 e. The van der Waals surface area contributed by atoms with Crippen LogP contribution >= 0.6 is 0 Å². The minimum atomic E-state index is -0.574. The van der Waals surface area contributed by atoms with Crippen LogP contribution in [-0.4, -0.2) is 47.1 Å². The number of nitrogens with two attached hydrogens (primary N) is 1. The van der Waals surface area contributed by atoms with Crippen molar-refractivity contribution < 1.29 is 18.8 Å². The van der Waals surface area contributed by atoms with E-state index in [9.17, 15) is 9.59 Å². The molecule has 1 unspecified atom stereocenters. The molecule has 1 fully saturated rings. The SMILES string of the molecule is COc1ccc(-c2noc(CN3CCCC(C(=O)Nc4ccccc4C(N)=O)C3)n2)cc1. The summed E-state index contributed by atoms with van der Waals surface area (Å²) in [4.78, 5) is 31.0. The Morgan fingerprint density at radius 3 is 2.75 bits per heavy atom. The molecule has 0 aliphatic carbocycles. The maximum atomic E-state index is 12.8. The molecule has 0 saturated carbocycles. The number of hydrogen-bond acceptors (Lipinski definition) is 7. The Morgan fingerprint density at radius 2 is 2.00 bits per heavy atom. The average Bonchev–Trinajstić information content (AvgIpc) is 3.28. The van der Waals surface area contributed by atoms with Gasteiger partial charge < -0.3 is 20.3 Å². The van der Waals surface area contributed by atoms with Gasteiger partial charge in [-0.05, 0) is 55.8 Å². The molecule has 32 heavy (non-hydrogen) atoms. The quantitative estimate of drug-likeness (QED) is 0.585. The molecule has 2 aromatic carbocycles. The van der Waals surface area contributed by atoms with E-state index < -0.39 is 5.91 Å². The van der Waals surface area contributed by atoms with Gasteiger partial charge in [0.05, 0.1) is 30.8 Å². The zero-order chi connectivity index (χ0) is 22.5. The van der Waals surface area contributed by atoms with Crippen molar-refractivity contribution in [3.63, 3.8) is 0 Å². The first-order chi connectivity index (χ1) is 15.5. The Bertz CT molecular complexity index is 1100. The molecule has 0 spiro atoms. The second-order valence-corrected chi connectivity index (χ2v) is 7.71. The molecule has 0 radical (unpaired) electrons. The third-order valence-electron chi connectivity index (χ3n) is 5.50. The molecule has 0 bridgehead atoms. The fraction of sp³-hybridized carbons (Fsp3) is 0.304. The number of piperidine rings is 1. The summed E-state index contributed by atoms with van der Waals surface area (Å²) >= 11 is 0. The third-order valence-corrected chi connectivity index (χ3v) is 5.50. The lowest BCUT2D eigenvalue weighted by molar-refractivity contribution is -0.121. The standard InChI is InChI=1S/C23H25N5O4/c1-31-17-10-8-15(9-11-17)22-26-20(32-27-22)14-28-12-4-5-16(13-28)23(30)25-19-7-3-2-6-18(19)21(24)29/h2-3,6-11,16H,4-5,12-14H2,1H3,(H2,24,29)(H,25,30). The summed E-state index contributed by atoms with van der Waals surface area (Å²) in [5.41, 5.74) is 6.98. The van der Waals surface area contributed by atoms with E-state index in [0.29, 0.717) is 36.1 Å². The van der Waals surface area contributed by atoms with E-state index in [1.54, 1.807) is 31.4 Å². The zero-order valence-electron chi connectivity index (χ0n) is 17.8. The number of aromatic nitrogens is 2. The number of benzene rings is 2. The fourth-order valence-electron chi connectivity index (χ4n) is 3.82. The van der Waals surface area contributed by atoms with E-state index in [1.165, 1.54) is 0 Å². The Labute approximate surface area is 185 Å². The lowest BCUT2D eigenvalue weighted by Gasteiger charge is -2.31. The van der Waals surface area contributed by atoms with Gasteiger partial charge in [-0.3, -0.25) is 14.5 Å². The van der Waals surface area contributed by atoms with Crippen LogP contribution in [0.5, 0.6) is 5.75 Å². The minimum Gasteiger partial charge on any atom is -0.497 e. The molecule has 1 aliphatic heterocycles. The van der Waals surface area contributed by atoms with Gasteiger partial charge in [0.15, 0.2) is 0 Å². The predicted octanol–water partition coefficient (Wildman–Crippen LogP) is 2.69. The molecule has 3 N–H and O–H groups in total. The van der Waals surface area contributed by atoms with Crippen LogP contribution in [0.4, 0.5) is 5.69 Å². The van der Waals surface area contributed by atoms with Crippen molar-refractivity contribution in [2.24, 2.45) is 11.7 Å². The number of para-hydroxylation sites is 1. The lowest BCUT2D eigenvalue weighted by atomic mass is 9.97. The van der Waals surface area contributed by atoms with E-state index in [1.807, 2.05) is 24.3 Å². The van der Waals surface area contributed by atoms with Crippen LogP contribution in [0.2, 0.25) is 0 Å². The normalized spacial score (nSPS) is 16.5. The largest absolute Gasteiger partial charge is 0.497 e. The van der Waals surface area contributed by atoms with E-state index in [-0.39, 0.29) is 11.8 Å². The highest BCUT2D eigenvalue weighted by atomic mass is 16.5. The van der Waals surface area contributed by atoms with E-state index in [2.05, 4.69) is 20.4 Å². The van der Waals surface area contributed by atoms with Crippen molar-refractivity contribution in [3.05, 3.63) is 60.0 Å². The Balaban J connectivity index is 1.38. The van der Waals surface area contributed by atoms with Crippen molar-refractivity contribution in [2.45, 2.75) is 19.4 Å². The van der Waals surface area contributed by atoms with Crippen LogP contribution in [-0.2, 0) is 11.3 Å². The van der Waals surface area contributed by atoms with Gasteiger partial charge in [0, 0.05) is 12.1 Å². The van der Waals surface area contributed by atoms with Crippen molar-refractivity contribution in [1.29, 1.82) is 0 Å². The molecule has 4 rings (SSSR count). The first kappa shape index (κ1) is 21.5. The molecule has 2 amide bonds. The summed E-state index contributed by atoms with van der Waals surface area (Å²) in [6.07, 6.45) is 1.64. The number of methoxy groups -OCH3 is 1. The number of amides is 2. The van der Waals surface area contributed by atoms with Gasteiger partial charge in [-0.25, -0.2) is 0 Å². The van der Waals surface area contributed by atoms with Gasteiger partial charge in [-0.1, -0.05) is 17.3 Å². The first-order valence-electron chi connectivity index (χ1n) is 10.4. The maximum absolute atomic E-state index is 12.8. The summed E-state index contributed by atoms with van der Waals surface area (Å²) in [6, 6.07) is 14.2. The number of anilines is 1. The van der Waals surface area contributed by atoms with E-state index in [0.717, 1.165) is 30.7 Å². The third kappa shape index (κ3) is 4.94. The van der Waals surface area contributed by atoms with Gasteiger partial charge in [-0.15, -0.1) is 0 Å². The average molecular weight is 435 g/mol. The second kappa shape index (κ2) is 9.61. The number of carbonyl (C=O) groups excluding carboxylic acids is 2. The molecule has 1 aliphatic rings. The van der Waals surface area contributed by atoms with Crippen molar-refractivity contribution in [3.8, 4) is 17.1 Å². The van der Waals surface area contributed by atoms with Gasteiger partial charge in [-0.2, -0.15) is 4.98 Å². The van der Waals surface area contributed by atoms with Crippen LogP contribution in [0.1, 0.15) is 29.1 Å². The molecule has 9 heteroatoms. The Hall–Kier alpha value is -3.72. The van der Waals surface area contributed by atoms with Crippen LogP contribution in [0.3, 0.4) is 0 Å². The fourth-order valence-corrected chi connectivity index (χ4v) is 3.82. The highest BCUT2D eigenvalue weighted by Crippen LogP contribution is 2.23. The topological polar surface area (TPSA) is 124 Å². The van der Waals surface area contributed by atoms with Crippen molar-refractivity contribution >= 4 is 17.5 Å². The van der Waals surface area contributed by atoms with Crippen LogP contribution < -0.4 is 15.8 Å². The number of nitrogens with zero attached hydrogens (tertiary/aromatic N) is 3. The number of nitrogens with one attached hydrogen (secondary N) is 1. The molecular weight excluding hydrogens is 410 g/mol. The van der Waals surface area contributed by atoms with Gasteiger partial charge in [0.2, 0.25) is 17.6 Å². The molecule has 1 atom stereocenters. The molecule has 166 valence electrons. The molecule has 1 aromatic heterocycles. The summed E-state index contributed by atoms with van der Waals surface area (Å²) in [5, 5.41) is 6.92. The van der Waals surface area contributed by atoms with Crippen LogP contribution in [0.25, 0.3) is 11.4 Å². The summed E-state index contributed by atoms with van der Waals surface area (Å²) < 4.78 is 10.6. The monoisotopic (exact) mass is 435 g/mol. The highest BCUT2D eigenvalue weighted by molar-refractivity contribution is 6.03. The minimum absolute atomic E-state index is 0.132. The Kier molecular flexibility index (Phi) is 6.46.